The lowest BCUT2D eigenvalue weighted by molar-refractivity contribution is 0.173. The molecule has 84 valence electrons. The maximum Gasteiger partial charge on any atom is 0.231 e. The molecule has 0 fully saturated rings. The van der Waals surface area contributed by atoms with E-state index in [0.29, 0.717) is 12.4 Å². The van der Waals surface area contributed by atoms with Gasteiger partial charge in [-0.1, -0.05) is 0 Å². The van der Waals surface area contributed by atoms with Gasteiger partial charge in [-0.05, 0) is 30.2 Å². The number of rotatable bonds is 3. The van der Waals surface area contributed by atoms with Crippen LogP contribution in [-0.2, 0) is 11.3 Å². The van der Waals surface area contributed by atoms with Crippen LogP contribution in [0.2, 0.25) is 0 Å². The van der Waals surface area contributed by atoms with Crippen molar-refractivity contribution in [2.24, 2.45) is 0 Å². The number of nitrogens with zero attached hydrogens (tertiary/aromatic N) is 1. The molecule has 2 rings (SSSR count). The summed E-state index contributed by atoms with van der Waals surface area (Å²) in [7, 11) is 1.63. The van der Waals surface area contributed by atoms with Crippen molar-refractivity contribution in [2.45, 2.75) is 19.4 Å². The second-order valence-corrected chi connectivity index (χ2v) is 3.69. The molecule has 1 aliphatic rings. The third kappa shape index (κ3) is 1.82. The van der Waals surface area contributed by atoms with Crippen LogP contribution >= 0.6 is 0 Å². The maximum atomic E-state index is 8.97. The minimum absolute atomic E-state index is 0.181. The van der Waals surface area contributed by atoms with Gasteiger partial charge in [-0.3, -0.25) is 0 Å². The summed E-state index contributed by atoms with van der Waals surface area (Å²) in [5.74, 6) is 1.25. The van der Waals surface area contributed by atoms with Crippen LogP contribution in [-0.4, -0.2) is 13.9 Å². The van der Waals surface area contributed by atoms with E-state index in [4.69, 9.17) is 19.5 Å². The first-order chi connectivity index (χ1) is 7.76. The lowest BCUT2D eigenvalue weighted by atomic mass is 9.96. The van der Waals surface area contributed by atoms with Gasteiger partial charge in [0.15, 0.2) is 11.5 Å². The Hall–Kier alpha value is -1.73. The van der Waals surface area contributed by atoms with Gasteiger partial charge < -0.3 is 14.2 Å². The molecule has 4 nitrogen and oxygen atoms in total. The molecule has 1 aromatic rings. The predicted octanol–water partition coefficient (Wildman–Crippen LogP) is 2.19. The van der Waals surface area contributed by atoms with Crippen LogP contribution in [0.25, 0.3) is 0 Å². The highest BCUT2D eigenvalue weighted by atomic mass is 16.7. The molecule has 16 heavy (non-hydrogen) atoms. The van der Waals surface area contributed by atoms with Crippen molar-refractivity contribution in [1.82, 2.24) is 0 Å². The highest BCUT2D eigenvalue weighted by Gasteiger charge is 2.19. The highest BCUT2D eigenvalue weighted by Crippen LogP contribution is 2.37. The molecular weight excluding hydrogens is 206 g/mol. The zero-order valence-corrected chi connectivity index (χ0v) is 9.32. The normalized spacial score (nSPS) is 14.6. The first-order valence-corrected chi connectivity index (χ1v) is 5.07. The smallest absolute Gasteiger partial charge is 0.231 e. The van der Waals surface area contributed by atoms with E-state index in [1.54, 1.807) is 7.11 Å². The Balaban J connectivity index is 2.45. The number of nitriles is 1. The van der Waals surface area contributed by atoms with Gasteiger partial charge in [0.2, 0.25) is 6.79 Å². The maximum absolute atomic E-state index is 8.97. The number of methoxy groups -OCH3 is 1. The van der Waals surface area contributed by atoms with E-state index < -0.39 is 0 Å². The molecule has 0 aromatic heterocycles. The van der Waals surface area contributed by atoms with Crippen molar-refractivity contribution in [3.8, 4) is 17.6 Å². The molecule has 0 saturated carbocycles. The zero-order valence-electron chi connectivity index (χ0n) is 9.32. The number of benzene rings is 1. The molecular formula is C12H13NO3. The fourth-order valence-electron chi connectivity index (χ4n) is 1.75. The first kappa shape index (κ1) is 10.8. The van der Waals surface area contributed by atoms with E-state index in [0.717, 1.165) is 16.9 Å². The van der Waals surface area contributed by atoms with E-state index in [9.17, 15) is 0 Å². The topological polar surface area (TPSA) is 51.5 Å². The summed E-state index contributed by atoms with van der Waals surface area (Å²) in [6.45, 7) is 2.57. The monoisotopic (exact) mass is 219 g/mol. The van der Waals surface area contributed by atoms with Crippen LogP contribution in [0.3, 0.4) is 0 Å². The van der Waals surface area contributed by atoms with E-state index in [1.807, 2.05) is 19.1 Å². The fraction of sp³-hybridized carbons (Fsp3) is 0.417. The average Bonchev–Trinajstić information content (AvgIpc) is 2.74. The Morgan fingerprint density at radius 1 is 1.44 bits per heavy atom. The summed E-state index contributed by atoms with van der Waals surface area (Å²) in [6, 6.07) is 5.97. The van der Waals surface area contributed by atoms with Gasteiger partial charge in [0.05, 0.1) is 18.6 Å². The fourth-order valence-corrected chi connectivity index (χ4v) is 1.75. The Morgan fingerprint density at radius 2 is 2.12 bits per heavy atom. The zero-order chi connectivity index (χ0) is 11.5. The molecule has 1 aromatic carbocycles. The molecule has 0 spiro atoms. The third-order valence-corrected chi connectivity index (χ3v) is 2.59. The second-order valence-electron chi connectivity index (χ2n) is 3.69. The van der Waals surface area contributed by atoms with E-state index in [2.05, 4.69) is 6.07 Å². The number of hydrogen-bond acceptors (Lipinski definition) is 4. The van der Waals surface area contributed by atoms with Crippen molar-refractivity contribution < 1.29 is 14.2 Å². The first-order valence-electron chi connectivity index (χ1n) is 5.07. The van der Waals surface area contributed by atoms with Crippen molar-refractivity contribution in [3.63, 3.8) is 0 Å². The van der Waals surface area contributed by atoms with Gasteiger partial charge in [0.25, 0.3) is 0 Å². The summed E-state index contributed by atoms with van der Waals surface area (Å²) < 4.78 is 15.7. The van der Waals surface area contributed by atoms with Gasteiger partial charge in [0, 0.05) is 7.11 Å². The minimum Gasteiger partial charge on any atom is -0.454 e. The predicted molar refractivity (Wildman–Crippen MR) is 57.3 cm³/mol. The Labute approximate surface area is 94.3 Å². The molecule has 4 heteroatoms. The highest BCUT2D eigenvalue weighted by molar-refractivity contribution is 5.50. The van der Waals surface area contributed by atoms with Crippen LogP contribution in [0.1, 0.15) is 24.0 Å². The Morgan fingerprint density at radius 3 is 2.75 bits per heavy atom. The van der Waals surface area contributed by atoms with Gasteiger partial charge in [-0.15, -0.1) is 0 Å². The summed E-state index contributed by atoms with van der Waals surface area (Å²) in [5, 5.41) is 8.97. The summed E-state index contributed by atoms with van der Waals surface area (Å²) >= 11 is 0. The molecule has 1 unspecified atom stereocenters. The van der Waals surface area contributed by atoms with Crippen LogP contribution < -0.4 is 9.47 Å². The number of ether oxygens (including phenoxy) is 3. The SMILES string of the molecule is COCc1cc2c(cc1C(C)C#N)OCO2. The van der Waals surface area contributed by atoms with E-state index in [-0.39, 0.29) is 12.7 Å². The van der Waals surface area contributed by atoms with Crippen LogP contribution in [0, 0.1) is 11.3 Å². The largest absolute Gasteiger partial charge is 0.454 e. The quantitative estimate of drug-likeness (QED) is 0.781. The molecule has 0 saturated heterocycles. The summed E-state index contributed by atoms with van der Waals surface area (Å²) in [6.07, 6.45) is 0. The van der Waals surface area contributed by atoms with Crippen LogP contribution in [0.4, 0.5) is 0 Å². The lowest BCUT2D eigenvalue weighted by Gasteiger charge is -2.11. The molecule has 0 bridgehead atoms. The molecule has 0 N–H and O–H groups in total. The number of fused-ring (bicyclic) bond motifs is 1. The average molecular weight is 219 g/mol. The molecule has 1 atom stereocenters. The van der Waals surface area contributed by atoms with Crippen LogP contribution in [0.5, 0.6) is 11.5 Å². The molecule has 1 heterocycles. The van der Waals surface area contributed by atoms with Crippen molar-refractivity contribution in [2.75, 3.05) is 13.9 Å². The van der Waals surface area contributed by atoms with Gasteiger partial charge in [0.1, 0.15) is 0 Å². The minimum atomic E-state index is -0.181. The van der Waals surface area contributed by atoms with Crippen LogP contribution in [0.15, 0.2) is 12.1 Å². The van der Waals surface area contributed by atoms with Gasteiger partial charge >= 0.3 is 0 Å². The molecule has 1 aliphatic heterocycles. The van der Waals surface area contributed by atoms with Crippen molar-refractivity contribution in [3.05, 3.63) is 23.3 Å². The van der Waals surface area contributed by atoms with Crippen molar-refractivity contribution in [1.29, 1.82) is 5.26 Å². The Bertz CT molecular complexity index is 437. The molecule has 0 radical (unpaired) electrons. The van der Waals surface area contributed by atoms with E-state index in [1.165, 1.54) is 0 Å². The van der Waals surface area contributed by atoms with E-state index >= 15 is 0 Å². The molecule has 0 amide bonds. The van der Waals surface area contributed by atoms with Gasteiger partial charge in [-0.2, -0.15) is 5.26 Å². The summed E-state index contributed by atoms with van der Waals surface area (Å²) in [5.41, 5.74) is 1.91. The Kier molecular flexibility index (Phi) is 2.97. The summed E-state index contributed by atoms with van der Waals surface area (Å²) in [4.78, 5) is 0. The second kappa shape index (κ2) is 4.42. The van der Waals surface area contributed by atoms with Crippen molar-refractivity contribution >= 4 is 0 Å². The van der Waals surface area contributed by atoms with Gasteiger partial charge in [-0.25, -0.2) is 0 Å². The standard InChI is InChI=1S/C12H13NO3/c1-8(5-13)10-4-12-11(15-7-16-12)3-9(10)6-14-2/h3-4,8H,6-7H2,1-2H3. The molecule has 0 aliphatic carbocycles. The lowest BCUT2D eigenvalue weighted by Crippen LogP contribution is -1.99. The number of hydrogen-bond donors (Lipinski definition) is 0. The third-order valence-electron chi connectivity index (χ3n) is 2.59.